The highest BCUT2D eigenvalue weighted by atomic mass is 32.1. The lowest BCUT2D eigenvalue weighted by molar-refractivity contribution is 0.0572. The Bertz CT molecular complexity index is 2600. The zero-order valence-electron chi connectivity index (χ0n) is 29.2. The van der Waals surface area contributed by atoms with Gasteiger partial charge in [0.25, 0.3) is 23.6 Å². The third-order valence-electron chi connectivity index (χ3n) is 9.82. The maximum atomic E-state index is 14.9. The first-order valence-corrected chi connectivity index (χ1v) is 17.2. The highest BCUT2D eigenvalue weighted by molar-refractivity contribution is 7.15. The largest absolute Gasteiger partial charge is 0.309 e. The molecule has 1 aromatic heterocycles. The van der Waals surface area contributed by atoms with E-state index < -0.39 is 128 Å². The number of carbonyl (C=O) groups excluding carboxylic acids is 4. The molecule has 0 spiro atoms. The van der Waals surface area contributed by atoms with Crippen molar-refractivity contribution in [1.82, 2.24) is 14.7 Å². The van der Waals surface area contributed by atoms with E-state index in [4.69, 9.17) is 0 Å². The number of aryl methyl sites for hydroxylation is 2. The van der Waals surface area contributed by atoms with Crippen molar-refractivity contribution in [2.75, 3.05) is 20.6 Å². The normalized spacial score (nSPS) is 14.1. The molecule has 7 rings (SSSR count). The van der Waals surface area contributed by atoms with E-state index >= 15 is 0 Å². The second-order valence-electron chi connectivity index (χ2n) is 13.4. The van der Waals surface area contributed by atoms with E-state index in [0.717, 1.165) is 33.9 Å². The van der Waals surface area contributed by atoms with Crippen molar-refractivity contribution in [3.05, 3.63) is 126 Å². The highest BCUT2D eigenvalue weighted by Crippen LogP contribution is 2.46. The highest BCUT2D eigenvalue weighted by Gasteiger charge is 2.44. The summed E-state index contributed by atoms with van der Waals surface area (Å²) in [6.07, 6.45) is 0.488. The van der Waals surface area contributed by atoms with Gasteiger partial charge in [-0.05, 0) is 63.7 Å². The van der Waals surface area contributed by atoms with Crippen LogP contribution in [0.25, 0.3) is 21.2 Å². The summed E-state index contributed by atoms with van der Waals surface area (Å²) in [4.78, 5) is 60.2. The third kappa shape index (κ3) is 5.59. The summed E-state index contributed by atoms with van der Waals surface area (Å²) in [5, 5.41) is -0.610. The first-order chi connectivity index (χ1) is 26.3. The van der Waals surface area contributed by atoms with Crippen molar-refractivity contribution < 1.29 is 63.1 Å². The van der Waals surface area contributed by atoms with Crippen molar-refractivity contribution in [2.45, 2.75) is 33.4 Å². The van der Waals surface area contributed by atoms with Gasteiger partial charge in [0.1, 0.15) is 0 Å². The zero-order valence-corrected chi connectivity index (χ0v) is 30.0. The minimum Gasteiger partial charge on any atom is -0.309 e. The number of nitrogens with zero attached hydrogens (tertiary/aromatic N) is 3. The third-order valence-corrected chi connectivity index (χ3v) is 10.9. The average molecular weight is 808 g/mol. The summed E-state index contributed by atoms with van der Waals surface area (Å²) in [7, 11) is 3.64. The molecule has 3 heterocycles. The van der Waals surface area contributed by atoms with Crippen molar-refractivity contribution in [2.24, 2.45) is 0 Å². The summed E-state index contributed by atoms with van der Waals surface area (Å²) < 4.78 is 144. The van der Waals surface area contributed by atoms with Gasteiger partial charge in [0.15, 0.2) is 46.5 Å². The predicted molar refractivity (Wildman–Crippen MR) is 180 cm³/mol. The van der Waals surface area contributed by atoms with Crippen LogP contribution in [-0.4, -0.2) is 59.0 Å². The van der Waals surface area contributed by atoms with Crippen LogP contribution in [0.3, 0.4) is 0 Å². The predicted octanol–water partition coefficient (Wildman–Crippen LogP) is 8.27. The minimum atomic E-state index is -2.47. The molecule has 0 aliphatic carbocycles. The monoisotopic (exact) mass is 807 g/mol. The number of likely N-dealkylation sites (N-methyl/N-ethyl adjacent to an activating group) is 1. The van der Waals surface area contributed by atoms with Crippen LogP contribution < -0.4 is 0 Å². The Balaban J connectivity index is 1.48. The van der Waals surface area contributed by atoms with Crippen LogP contribution in [0.4, 0.5) is 43.9 Å². The molecule has 56 heavy (non-hydrogen) atoms. The number of amides is 4. The van der Waals surface area contributed by atoms with Gasteiger partial charge in [-0.25, -0.2) is 43.9 Å². The summed E-state index contributed by atoms with van der Waals surface area (Å²) in [5.74, 6) is -28.6. The molecule has 0 saturated heterocycles. The summed E-state index contributed by atoms with van der Waals surface area (Å²) in [6.45, 7) is 0.709. The molecular formula is C38H23F10N3O4S. The molecule has 2 aliphatic rings. The van der Waals surface area contributed by atoms with Crippen molar-refractivity contribution in [3.8, 4) is 10.4 Å². The molecule has 0 N–H and O–H groups in total. The lowest BCUT2D eigenvalue weighted by Gasteiger charge is -2.34. The molecule has 0 radical (unpaired) electrons. The number of rotatable bonds is 8. The van der Waals surface area contributed by atoms with Gasteiger partial charge in [-0.2, -0.15) is 0 Å². The van der Waals surface area contributed by atoms with E-state index in [0.29, 0.717) is 13.0 Å². The molecular weight excluding hydrogens is 784 g/mol. The lowest BCUT2D eigenvalue weighted by Crippen LogP contribution is -2.44. The van der Waals surface area contributed by atoms with E-state index in [2.05, 4.69) is 0 Å². The Morgan fingerprint density at radius 3 is 1.41 bits per heavy atom. The van der Waals surface area contributed by atoms with Gasteiger partial charge in [-0.15, -0.1) is 11.3 Å². The summed E-state index contributed by atoms with van der Waals surface area (Å²) in [5.41, 5.74) is -4.04. The Hall–Kier alpha value is -5.62. The fourth-order valence-corrected chi connectivity index (χ4v) is 8.07. The molecule has 0 atom stereocenters. The molecule has 0 unspecified atom stereocenters. The van der Waals surface area contributed by atoms with Crippen molar-refractivity contribution in [1.29, 1.82) is 0 Å². The lowest BCUT2D eigenvalue weighted by atomic mass is 9.81. The number of hydrogen-bond donors (Lipinski definition) is 0. The molecule has 0 bridgehead atoms. The van der Waals surface area contributed by atoms with Gasteiger partial charge in [0.05, 0.1) is 24.2 Å². The van der Waals surface area contributed by atoms with Crippen LogP contribution in [0, 0.1) is 72.0 Å². The average Bonchev–Trinajstić information content (AvgIpc) is 3.54. The quantitative estimate of drug-likeness (QED) is 0.0684. The van der Waals surface area contributed by atoms with Crippen molar-refractivity contribution >= 4 is 45.7 Å². The topological polar surface area (TPSA) is 78.0 Å². The summed E-state index contributed by atoms with van der Waals surface area (Å²) in [6, 6.07) is 3.84. The van der Waals surface area contributed by atoms with E-state index in [-0.39, 0.29) is 36.6 Å². The SMILES string of the molecule is Cc1cc2c3c(c(-c4cc(CCN(C)C)c(C)s4)cc4c3c1C(=O)N(Cc1c(F)c(F)c(F)c(F)c1F)C4=O)C(=O)N(Cc1c(F)c(F)c(F)c(F)c1F)C2=O. The molecule has 290 valence electrons. The van der Waals surface area contributed by atoms with Gasteiger partial charge in [0.2, 0.25) is 11.6 Å². The Morgan fingerprint density at radius 2 is 0.946 bits per heavy atom. The molecule has 5 aromatic rings. The van der Waals surface area contributed by atoms with Crippen molar-refractivity contribution in [3.63, 3.8) is 0 Å². The molecule has 0 saturated carbocycles. The van der Waals surface area contributed by atoms with Gasteiger partial charge in [-0.3, -0.25) is 29.0 Å². The van der Waals surface area contributed by atoms with Gasteiger partial charge in [-0.1, -0.05) is 0 Å². The molecule has 0 fully saturated rings. The second kappa shape index (κ2) is 13.5. The first-order valence-electron chi connectivity index (χ1n) is 16.4. The van der Waals surface area contributed by atoms with Gasteiger partial charge in [0, 0.05) is 54.9 Å². The van der Waals surface area contributed by atoms with E-state index in [1.807, 2.05) is 19.0 Å². The fraction of sp³-hybridized carbons (Fsp3) is 0.211. The van der Waals surface area contributed by atoms with Gasteiger partial charge >= 0.3 is 0 Å². The molecule has 4 amide bonds. The first kappa shape index (κ1) is 38.6. The van der Waals surface area contributed by atoms with Crippen LogP contribution in [-0.2, 0) is 19.5 Å². The minimum absolute atomic E-state index is 0.0912. The number of carbonyl (C=O) groups is 4. The standard InChI is InChI=1S/C38H23F10N3O4S/c1-12-7-16-23-22-17(36(53)50(37(54)21(12)22)10-18-25(39)29(43)33(47)30(44)26(18)40)9-15(20-8-14(13(2)56-20)5-6-49(3)4)24(23)38(55)51(35(16)52)11-19-27(41)31(45)34(48)32(46)28(19)42/h7-9H,5-6,10-11H2,1-4H3. The van der Waals surface area contributed by atoms with Crippen LogP contribution >= 0.6 is 11.3 Å². The van der Waals surface area contributed by atoms with E-state index in [1.165, 1.54) is 6.92 Å². The van der Waals surface area contributed by atoms with Crippen LogP contribution in [0.1, 0.15) is 68.6 Å². The number of imide groups is 2. The van der Waals surface area contributed by atoms with Crippen LogP contribution in [0.2, 0.25) is 0 Å². The van der Waals surface area contributed by atoms with Gasteiger partial charge < -0.3 is 4.90 Å². The Labute approximate surface area is 313 Å². The molecule has 18 heteroatoms. The summed E-state index contributed by atoms with van der Waals surface area (Å²) >= 11 is 1.12. The molecule has 2 aliphatic heterocycles. The number of thiophene rings is 1. The van der Waals surface area contributed by atoms with E-state index in [9.17, 15) is 63.1 Å². The van der Waals surface area contributed by atoms with E-state index in [1.54, 1.807) is 13.0 Å². The number of halogens is 10. The number of benzene rings is 4. The second-order valence-corrected chi connectivity index (χ2v) is 14.7. The molecule has 7 nitrogen and oxygen atoms in total. The zero-order chi connectivity index (χ0) is 41.0. The maximum Gasteiger partial charge on any atom is 0.262 e. The Morgan fingerprint density at radius 1 is 0.536 bits per heavy atom. The molecule has 4 aromatic carbocycles. The fourth-order valence-electron chi connectivity index (χ4n) is 6.97. The Kier molecular flexibility index (Phi) is 9.35. The number of hydrogen-bond acceptors (Lipinski definition) is 6. The van der Waals surface area contributed by atoms with Crippen LogP contribution in [0.5, 0.6) is 0 Å². The maximum absolute atomic E-state index is 14.9. The smallest absolute Gasteiger partial charge is 0.262 e. The van der Waals surface area contributed by atoms with Crippen LogP contribution in [0.15, 0.2) is 18.2 Å².